The van der Waals surface area contributed by atoms with Crippen LogP contribution in [0, 0.1) is 0 Å². The summed E-state index contributed by atoms with van der Waals surface area (Å²) >= 11 is 2.03. The van der Waals surface area contributed by atoms with Gasteiger partial charge < -0.3 is 5.43 Å². The van der Waals surface area contributed by atoms with Crippen LogP contribution in [-0.4, -0.2) is 15.2 Å². The molecule has 3 rings (SSSR count). The van der Waals surface area contributed by atoms with Crippen LogP contribution in [0.3, 0.4) is 0 Å². The van der Waals surface area contributed by atoms with Gasteiger partial charge in [-0.25, -0.2) is 15.8 Å². The molecule has 0 unspecified atom stereocenters. The SMILES string of the molecule is NNc1nc(CSC2CCCCC2)nc2c1CCCCC2. The molecule has 2 aliphatic carbocycles. The average Bonchev–Trinajstić information content (AvgIpc) is 2.78. The van der Waals surface area contributed by atoms with Gasteiger partial charge in [0.1, 0.15) is 11.6 Å². The first kappa shape index (κ1) is 15.1. The number of thioether (sulfide) groups is 1. The predicted octanol–water partition coefficient (Wildman–Crippen LogP) is 3.60. The summed E-state index contributed by atoms with van der Waals surface area (Å²) in [6.45, 7) is 0. The number of hydrogen-bond acceptors (Lipinski definition) is 5. The molecule has 3 N–H and O–H groups in total. The molecule has 0 bridgehead atoms. The predicted molar refractivity (Wildman–Crippen MR) is 89.3 cm³/mol. The Balaban J connectivity index is 1.71. The summed E-state index contributed by atoms with van der Waals surface area (Å²) in [5.74, 6) is 8.43. The zero-order valence-corrected chi connectivity index (χ0v) is 13.6. The van der Waals surface area contributed by atoms with Crippen molar-refractivity contribution in [2.24, 2.45) is 5.84 Å². The molecule has 0 aromatic carbocycles. The van der Waals surface area contributed by atoms with Crippen molar-refractivity contribution in [1.82, 2.24) is 9.97 Å². The van der Waals surface area contributed by atoms with Gasteiger partial charge in [0.15, 0.2) is 0 Å². The van der Waals surface area contributed by atoms with Crippen LogP contribution >= 0.6 is 11.8 Å². The van der Waals surface area contributed by atoms with Crippen molar-refractivity contribution in [3.63, 3.8) is 0 Å². The highest BCUT2D eigenvalue weighted by Crippen LogP contribution is 2.31. The number of rotatable bonds is 4. The lowest BCUT2D eigenvalue weighted by Crippen LogP contribution is -2.16. The van der Waals surface area contributed by atoms with Crippen molar-refractivity contribution in [2.45, 2.75) is 75.2 Å². The molecular weight excluding hydrogens is 280 g/mol. The third kappa shape index (κ3) is 3.89. The number of hydrogen-bond donors (Lipinski definition) is 2. The van der Waals surface area contributed by atoms with Crippen LogP contribution in [0.2, 0.25) is 0 Å². The quantitative estimate of drug-likeness (QED) is 0.505. The summed E-state index contributed by atoms with van der Waals surface area (Å²) in [6.07, 6.45) is 12.8. The van der Waals surface area contributed by atoms with E-state index in [9.17, 15) is 0 Å². The Morgan fingerprint density at radius 3 is 2.57 bits per heavy atom. The van der Waals surface area contributed by atoms with Crippen molar-refractivity contribution in [2.75, 3.05) is 5.43 Å². The minimum absolute atomic E-state index is 0.801. The smallest absolute Gasteiger partial charge is 0.147 e. The molecule has 0 radical (unpaired) electrons. The summed E-state index contributed by atoms with van der Waals surface area (Å²) < 4.78 is 0. The highest BCUT2D eigenvalue weighted by molar-refractivity contribution is 7.99. The Labute approximate surface area is 131 Å². The molecule has 0 spiro atoms. The van der Waals surface area contributed by atoms with Gasteiger partial charge in [0, 0.05) is 16.5 Å². The lowest BCUT2D eigenvalue weighted by Gasteiger charge is -2.21. The van der Waals surface area contributed by atoms with Crippen LogP contribution in [-0.2, 0) is 18.6 Å². The number of fused-ring (bicyclic) bond motifs is 1. The van der Waals surface area contributed by atoms with Crippen LogP contribution in [0.4, 0.5) is 5.82 Å². The van der Waals surface area contributed by atoms with Crippen LogP contribution in [0.1, 0.15) is 68.4 Å². The molecular formula is C16H26N4S. The molecule has 1 aromatic heterocycles. The monoisotopic (exact) mass is 306 g/mol. The number of anilines is 1. The Morgan fingerprint density at radius 2 is 1.76 bits per heavy atom. The summed E-state index contributed by atoms with van der Waals surface area (Å²) in [4.78, 5) is 9.50. The average molecular weight is 306 g/mol. The molecule has 0 atom stereocenters. The summed E-state index contributed by atoms with van der Waals surface area (Å²) in [7, 11) is 0. The second-order valence-electron chi connectivity index (χ2n) is 6.19. The highest BCUT2D eigenvalue weighted by Gasteiger charge is 2.18. The molecule has 1 fully saturated rings. The molecule has 116 valence electrons. The molecule has 0 saturated heterocycles. The Bertz CT molecular complexity index is 472. The van der Waals surface area contributed by atoms with Crippen molar-refractivity contribution in [3.8, 4) is 0 Å². The van der Waals surface area contributed by atoms with E-state index < -0.39 is 0 Å². The van der Waals surface area contributed by atoms with Crippen molar-refractivity contribution >= 4 is 17.6 Å². The number of hydrazine groups is 1. The fourth-order valence-corrected chi connectivity index (χ4v) is 4.61. The van der Waals surface area contributed by atoms with E-state index in [0.29, 0.717) is 0 Å². The number of aryl methyl sites for hydroxylation is 1. The Morgan fingerprint density at radius 1 is 1.00 bits per heavy atom. The van der Waals surface area contributed by atoms with Gasteiger partial charge in [0.25, 0.3) is 0 Å². The van der Waals surface area contributed by atoms with E-state index in [1.54, 1.807) is 0 Å². The molecule has 5 heteroatoms. The first-order valence-electron chi connectivity index (χ1n) is 8.33. The first-order valence-corrected chi connectivity index (χ1v) is 9.38. The minimum Gasteiger partial charge on any atom is -0.308 e. The standard InChI is InChI=1S/C16H26N4S/c17-20-16-13-9-5-2-6-10-14(13)18-15(19-16)11-21-12-7-3-1-4-8-12/h12H,1-11,17H2,(H,18,19,20). The van der Waals surface area contributed by atoms with Crippen LogP contribution in [0.25, 0.3) is 0 Å². The number of aromatic nitrogens is 2. The van der Waals surface area contributed by atoms with E-state index in [4.69, 9.17) is 10.8 Å². The molecule has 21 heavy (non-hydrogen) atoms. The minimum atomic E-state index is 0.801. The zero-order valence-electron chi connectivity index (χ0n) is 12.7. The summed E-state index contributed by atoms with van der Waals surface area (Å²) in [6, 6.07) is 0. The summed E-state index contributed by atoms with van der Waals surface area (Å²) in [5, 5.41) is 0.801. The Kier molecular flexibility index (Phi) is 5.36. The maximum absolute atomic E-state index is 5.69. The highest BCUT2D eigenvalue weighted by atomic mass is 32.2. The fraction of sp³-hybridized carbons (Fsp3) is 0.750. The lowest BCUT2D eigenvalue weighted by molar-refractivity contribution is 0.516. The van der Waals surface area contributed by atoms with Gasteiger partial charge in [-0.2, -0.15) is 11.8 Å². The normalized spacial score (nSPS) is 19.9. The van der Waals surface area contributed by atoms with Crippen LogP contribution in [0.15, 0.2) is 0 Å². The molecule has 0 amide bonds. The Hall–Kier alpha value is -0.810. The van der Waals surface area contributed by atoms with E-state index in [1.807, 2.05) is 11.8 Å². The fourth-order valence-electron chi connectivity index (χ4n) is 3.43. The van der Waals surface area contributed by atoms with Crippen molar-refractivity contribution in [3.05, 3.63) is 17.1 Å². The van der Waals surface area contributed by atoms with E-state index in [2.05, 4.69) is 10.4 Å². The van der Waals surface area contributed by atoms with Gasteiger partial charge in [-0.15, -0.1) is 0 Å². The molecule has 1 aromatic rings. The molecule has 1 heterocycles. The number of nitrogens with two attached hydrogens (primary N) is 1. The van der Waals surface area contributed by atoms with Gasteiger partial charge in [0.2, 0.25) is 0 Å². The maximum atomic E-state index is 5.69. The van der Waals surface area contributed by atoms with Gasteiger partial charge in [0.05, 0.1) is 5.75 Å². The number of nitrogen functional groups attached to an aromatic ring is 1. The number of nitrogens with zero attached hydrogens (tertiary/aromatic N) is 2. The van der Waals surface area contributed by atoms with Gasteiger partial charge in [-0.1, -0.05) is 25.7 Å². The van der Waals surface area contributed by atoms with Gasteiger partial charge in [-0.05, 0) is 38.5 Å². The second-order valence-corrected chi connectivity index (χ2v) is 7.48. The van der Waals surface area contributed by atoms with E-state index in [-0.39, 0.29) is 0 Å². The van der Waals surface area contributed by atoms with E-state index >= 15 is 0 Å². The molecule has 4 nitrogen and oxygen atoms in total. The van der Waals surface area contributed by atoms with Crippen LogP contribution < -0.4 is 11.3 Å². The molecule has 2 aliphatic rings. The first-order chi connectivity index (χ1) is 10.4. The second kappa shape index (κ2) is 7.45. The molecule has 0 aliphatic heterocycles. The summed E-state index contributed by atoms with van der Waals surface area (Å²) in [5.41, 5.74) is 5.28. The third-order valence-electron chi connectivity index (χ3n) is 4.62. The lowest BCUT2D eigenvalue weighted by atomic mass is 10.0. The van der Waals surface area contributed by atoms with E-state index in [0.717, 1.165) is 35.5 Å². The number of nitrogens with one attached hydrogen (secondary N) is 1. The topological polar surface area (TPSA) is 63.8 Å². The molecule has 1 saturated carbocycles. The zero-order chi connectivity index (χ0) is 14.5. The van der Waals surface area contributed by atoms with Gasteiger partial charge >= 0.3 is 0 Å². The maximum Gasteiger partial charge on any atom is 0.147 e. The van der Waals surface area contributed by atoms with E-state index in [1.165, 1.54) is 62.6 Å². The third-order valence-corrected chi connectivity index (χ3v) is 5.98. The van der Waals surface area contributed by atoms with Crippen LogP contribution in [0.5, 0.6) is 0 Å². The van der Waals surface area contributed by atoms with Gasteiger partial charge in [-0.3, -0.25) is 0 Å². The van der Waals surface area contributed by atoms with Crippen molar-refractivity contribution in [1.29, 1.82) is 0 Å². The van der Waals surface area contributed by atoms with Crippen molar-refractivity contribution < 1.29 is 0 Å². The largest absolute Gasteiger partial charge is 0.308 e.